The molecule has 126 valence electrons. The lowest BCUT2D eigenvalue weighted by Gasteiger charge is -1.98. The van der Waals surface area contributed by atoms with Crippen LogP contribution in [-0.2, 0) is 0 Å². The van der Waals surface area contributed by atoms with Crippen molar-refractivity contribution in [3.05, 3.63) is 96.6 Å². The topological polar surface area (TPSA) is 88.0 Å². The normalized spacial score (nSPS) is 7.64. The quantitative estimate of drug-likeness (QED) is 0.612. The Morgan fingerprint density at radius 1 is 0.560 bits per heavy atom. The zero-order chi connectivity index (χ0) is 18.8. The van der Waals surface area contributed by atoms with Gasteiger partial charge in [0.1, 0.15) is 0 Å². The summed E-state index contributed by atoms with van der Waals surface area (Å²) in [6.45, 7) is 2.08. The Hall–Kier alpha value is -3.76. The third-order valence-electron chi connectivity index (χ3n) is 2.82. The van der Waals surface area contributed by atoms with Crippen LogP contribution in [0.5, 0.6) is 0 Å². The molecule has 0 heterocycles. The monoisotopic (exact) mass is 332 g/mol. The molecule has 0 atom stereocenters. The van der Waals surface area contributed by atoms with Gasteiger partial charge in [-0.2, -0.15) is 10.5 Å². The van der Waals surface area contributed by atoms with Gasteiger partial charge in [-0.05, 0) is 18.1 Å². The summed E-state index contributed by atoms with van der Waals surface area (Å²) < 4.78 is 0. The van der Waals surface area contributed by atoms with Crippen molar-refractivity contribution in [3.63, 3.8) is 0 Å². The Morgan fingerprint density at radius 3 is 1.00 bits per heavy atom. The van der Waals surface area contributed by atoms with E-state index in [2.05, 4.69) is 67.6 Å². The highest BCUT2D eigenvalue weighted by atomic mass is 16.2. The second-order valence-electron chi connectivity index (χ2n) is 4.59. The predicted octanol–water partition coefficient (Wildman–Crippen LogP) is 5.03. The van der Waals surface area contributed by atoms with Crippen LogP contribution in [-0.4, -0.2) is 10.2 Å². The molecule has 0 bridgehead atoms. The molecular weight excluding hydrogens is 312 g/mol. The Morgan fingerprint density at radius 2 is 0.800 bits per heavy atom. The van der Waals surface area contributed by atoms with Crippen LogP contribution in [0.25, 0.3) is 11.1 Å². The highest BCUT2D eigenvalue weighted by molar-refractivity contribution is 5.62. The molecule has 0 aliphatic heterocycles. The minimum absolute atomic E-state index is 0.750. The average Bonchev–Trinajstić information content (AvgIpc) is 2.66. The van der Waals surface area contributed by atoms with Gasteiger partial charge in [0, 0.05) is 0 Å². The van der Waals surface area contributed by atoms with Crippen molar-refractivity contribution in [1.29, 1.82) is 10.5 Å². The first-order chi connectivity index (χ1) is 12.2. The van der Waals surface area contributed by atoms with Crippen LogP contribution in [0.15, 0.2) is 91.0 Å². The number of aliphatic hydroxyl groups is 2. The number of aryl methyl sites for hydroxylation is 1. The molecule has 25 heavy (non-hydrogen) atoms. The van der Waals surface area contributed by atoms with Crippen molar-refractivity contribution < 1.29 is 10.2 Å². The van der Waals surface area contributed by atoms with Gasteiger partial charge in [0.2, 0.25) is 0 Å². The van der Waals surface area contributed by atoms with E-state index in [1.807, 2.05) is 30.3 Å². The number of benzene rings is 3. The van der Waals surface area contributed by atoms with E-state index in [0.29, 0.717) is 0 Å². The number of hydrogen-bond acceptors (Lipinski definition) is 4. The van der Waals surface area contributed by atoms with Crippen LogP contribution >= 0.6 is 0 Å². The lowest BCUT2D eigenvalue weighted by Crippen LogP contribution is -1.73. The van der Waals surface area contributed by atoms with Crippen LogP contribution in [0.2, 0.25) is 0 Å². The molecule has 0 amide bonds. The van der Waals surface area contributed by atoms with E-state index >= 15 is 0 Å². The van der Waals surface area contributed by atoms with Gasteiger partial charge in [0.25, 0.3) is 12.5 Å². The van der Waals surface area contributed by atoms with E-state index in [1.54, 1.807) is 0 Å². The first-order valence-corrected chi connectivity index (χ1v) is 7.38. The zero-order valence-electron chi connectivity index (χ0n) is 13.9. The molecule has 0 fully saturated rings. The fourth-order valence-corrected chi connectivity index (χ4v) is 1.80. The van der Waals surface area contributed by atoms with E-state index in [4.69, 9.17) is 20.7 Å². The van der Waals surface area contributed by atoms with Crippen LogP contribution in [0, 0.1) is 30.0 Å². The summed E-state index contributed by atoms with van der Waals surface area (Å²) >= 11 is 0. The summed E-state index contributed by atoms with van der Waals surface area (Å²) in [7, 11) is 0. The fraction of sp³-hybridized carbons (Fsp3) is 0.0476. The summed E-state index contributed by atoms with van der Waals surface area (Å²) in [5.41, 5.74) is 3.87. The van der Waals surface area contributed by atoms with Crippen molar-refractivity contribution in [1.82, 2.24) is 0 Å². The molecule has 0 saturated heterocycles. The number of aliphatic hydroxyl groups excluding tert-OH is 2. The van der Waals surface area contributed by atoms with Crippen LogP contribution in [0.1, 0.15) is 5.56 Å². The second-order valence-corrected chi connectivity index (χ2v) is 4.59. The van der Waals surface area contributed by atoms with Gasteiger partial charge in [-0.15, -0.1) is 0 Å². The number of rotatable bonds is 1. The van der Waals surface area contributed by atoms with Gasteiger partial charge in [0.05, 0.1) is 0 Å². The standard InChI is InChI=1S/C12H10.C7H8.2CHNO/c1-3-7-11(8-4-1)12-9-5-2-6-10-12;1-7-5-3-2-4-6-7;2*2-1-3/h1-10H;2-6H,1H3;2*3H. The first kappa shape index (κ1) is 21.2. The minimum atomic E-state index is 0.750. The van der Waals surface area contributed by atoms with Gasteiger partial charge in [-0.25, -0.2) is 0 Å². The molecule has 0 saturated carbocycles. The average molecular weight is 332 g/mol. The lowest BCUT2D eigenvalue weighted by atomic mass is 10.1. The molecule has 0 aliphatic rings. The lowest BCUT2D eigenvalue weighted by molar-refractivity contribution is 0.502. The molecule has 3 aromatic carbocycles. The molecule has 0 radical (unpaired) electrons. The summed E-state index contributed by atoms with van der Waals surface area (Å²) in [5.74, 6) is 0. The summed E-state index contributed by atoms with van der Waals surface area (Å²) in [6.07, 6.45) is 1.50. The maximum absolute atomic E-state index is 6.88. The molecule has 0 aliphatic carbocycles. The molecule has 3 aromatic rings. The van der Waals surface area contributed by atoms with Crippen LogP contribution in [0.4, 0.5) is 0 Å². The number of nitriles is 2. The van der Waals surface area contributed by atoms with E-state index in [9.17, 15) is 0 Å². The molecule has 4 heteroatoms. The highest BCUT2D eigenvalue weighted by Crippen LogP contribution is 2.17. The maximum atomic E-state index is 6.88. The van der Waals surface area contributed by atoms with Crippen molar-refractivity contribution in [2.75, 3.05) is 0 Å². The molecule has 0 aromatic heterocycles. The van der Waals surface area contributed by atoms with E-state index < -0.39 is 0 Å². The summed E-state index contributed by atoms with van der Waals surface area (Å²) in [5, 5.41) is 27.5. The molecule has 4 nitrogen and oxygen atoms in total. The van der Waals surface area contributed by atoms with Gasteiger partial charge < -0.3 is 10.2 Å². The Labute approximate surface area is 148 Å². The fourth-order valence-electron chi connectivity index (χ4n) is 1.80. The zero-order valence-corrected chi connectivity index (χ0v) is 13.9. The molecule has 2 N–H and O–H groups in total. The molecular formula is C21H20N2O2. The summed E-state index contributed by atoms with van der Waals surface area (Å²) in [4.78, 5) is 0. The predicted molar refractivity (Wildman–Crippen MR) is 98.2 cm³/mol. The van der Waals surface area contributed by atoms with Gasteiger partial charge >= 0.3 is 0 Å². The summed E-state index contributed by atoms with van der Waals surface area (Å²) in [6, 6.07) is 31.0. The Bertz CT molecular complexity index is 697. The number of hydrogen-bond donors (Lipinski definition) is 2. The van der Waals surface area contributed by atoms with Crippen LogP contribution in [0.3, 0.4) is 0 Å². The van der Waals surface area contributed by atoms with Crippen LogP contribution < -0.4 is 0 Å². The molecule has 0 unspecified atom stereocenters. The van der Waals surface area contributed by atoms with E-state index in [0.717, 1.165) is 12.5 Å². The minimum Gasteiger partial charge on any atom is -0.443 e. The van der Waals surface area contributed by atoms with Crippen molar-refractivity contribution in [3.8, 4) is 23.6 Å². The second kappa shape index (κ2) is 15.1. The molecule has 0 spiro atoms. The SMILES string of the molecule is Cc1ccccc1.N#CO.N#CO.c1ccc(-c2ccccc2)cc1. The third-order valence-corrected chi connectivity index (χ3v) is 2.82. The highest BCUT2D eigenvalue weighted by Gasteiger charge is 1.91. The first-order valence-electron chi connectivity index (χ1n) is 7.38. The Kier molecular flexibility index (Phi) is 12.9. The van der Waals surface area contributed by atoms with Crippen molar-refractivity contribution >= 4 is 0 Å². The smallest absolute Gasteiger partial charge is 0.283 e. The van der Waals surface area contributed by atoms with Gasteiger partial charge in [-0.3, -0.25) is 0 Å². The van der Waals surface area contributed by atoms with Gasteiger partial charge in [0.15, 0.2) is 0 Å². The largest absolute Gasteiger partial charge is 0.443 e. The van der Waals surface area contributed by atoms with E-state index in [-0.39, 0.29) is 0 Å². The van der Waals surface area contributed by atoms with E-state index in [1.165, 1.54) is 16.7 Å². The Balaban J connectivity index is 0.000000377. The van der Waals surface area contributed by atoms with Crippen molar-refractivity contribution in [2.45, 2.75) is 6.92 Å². The third kappa shape index (κ3) is 11.5. The van der Waals surface area contributed by atoms with Gasteiger partial charge in [-0.1, -0.05) is 96.6 Å². The molecule has 3 rings (SSSR count). The van der Waals surface area contributed by atoms with Crippen molar-refractivity contribution in [2.24, 2.45) is 0 Å². The number of nitrogens with zero attached hydrogens (tertiary/aromatic N) is 2. The maximum Gasteiger partial charge on any atom is 0.283 e.